The minimum atomic E-state index is -1.02. The summed E-state index contributed by atoms with van der Waals surface area (Å²) in [4.78, 5) is 41.8. The Balaban J connectivity index is 1.42. The minimum Gasteiger partial charge on any atom is -0.448 e. The Morgan fingerprint density at radius 1 is 1.04 bits per heavy atom. The Morgan fingerprint density at radius 3 is 2.45 bits per heavy atom. The van der Waals surface area contributed by atoms with E-state index in [9.17, 15) is 14.4 Å². The molecule has 2 saturated heterocycles. The average Bonchev–Trinajstić information content (AvgIpc) is 3.74. The number of primary amides is 1. The third-order valence-corrected chi connectivity index (χ3v) is 8.58. The van der Waals surface area contributed by atoms with E-state index in [1.54, 1.807) is 38.1 Å². The van der Waals surface area contributed by atoms with Crippen molar-refractivity contribution < 1.29 is 37.7 Å². The first kappa shape index (κ1) is 34.5. The molecular weight excluding hydrogens is 624 g/mol. The summed E-state index contributed by atoms with van der Waals surface area (Å²) in [7, 11) is 0. The van der Waals surface area contributed by atoms with Crippen molar-refractivity contribution in [3.63, 3.8) is 0 Å². The number of carbonyl (C=O) groups excluding carboxylic acids is 3. The first-order valence-electron chi connectivity index (χ1n) is 15.5. The molecule has 1 aromatic heterocycles. The number of nitrogens with two attached hydrogens (primary N) is 1. The first-order valence-corrected chi connectivity index (χ1v) is 16.9. The maximum Gasteiger partial charge on any atom is 0.329 e. The number of carbonyl (C=O) groups is 3. The van der Waals surface area contributed by atoms with Crippen molar-refractivity contribution in [1.82, 2.24) is 5.32 Å². The highest BCUT2D eigenvalue weighted by atomic mass is 32.2. The van der Waals surface area contributed by atoms with E-state index in [2.05, 4.69) is 10.6 Å². The van der Waals surface area contributed by atoms with Crippen molar-refractivity contribution in [2.75, 3.05) is 22.2 Å². The number of nitrogens with one attached hydrogen (secondary N) is 2. The summed E-state index contributed by atoms with van der Waals surface area (Å²) in [5, 5.41) is 5.85. The highest BCUT2D eigenvalue weighted by Gasteiger charge is 2.57. The van der Waals surface area contributed by atoms with Gasteiger partial charge in [0.15, 0.2) is 12.1 Å². The van der Waals surface area contributed by atoms with Crippen LogP contribution in [-0.4, -0.2) is 72.3 Å². The Labute approximate surface area is 278 Å². The van der Waals surface area contributed by atoms with Crippen LogP contribution in [0.5, 0.6) is 0 Å². The number of benzene rings is 2. The zero-order valence-electron chi connectivity index (χ0n) is 26.9. The highest BCUT2D eigenvalue weighted by Crippen LogP contribution is 2.40. The van der Waals surface area contributed by atoms with Crippen LogP contribution in [-0.2, 0) is 35.1 Å². The van der Waals surface area contributed by atoms with E-state index in [-0.39, 0.29) is 25.3 Å². The fraction of sp³-hybridized carbons (Fsp3) is 0.441. The van der Waals surface area contributed by atoms with E-state index in [0.717, 1.165) is 11.1 Å². The summed E-state index contributed by atoms with van der Waals surface area (Å²) >= 11 is 1.53. The van der Waals surface area contributed by atoms with E-state index >= 15 is 0 Å². The van der Waals surface area contributed by atoms with Gasteiger partial charge in [0.1, 0.15) is 24.4 Å². The normalized spacial score (nSPS) is 22.6. The van der Waals surface area contributed by atoms with Gasteiger partial charge in [-0.1, -0.05) is 48.0 Å². The van der Waals surface area contributed by atoms with E-state index < -0.39 is 60.3 Å². The molecule has 0 spiro atoms. The summed E-state index contributed by atoms with van der Waals surface area (Å²) in [6.45, 7) is 5.74. The molecule has 2 aliphatic heterocycles. The topological polar surface area (TPSA) is 155 Å². The van der Waals surface area contributed by atoms with Gasteiger partial charge in [0.25, 0.3) is 0 Å². The molecule has 0 aliphatic carbocycles. The molecule has 3 heterocycles. The lowest BCUT2D eigenvalue weighted by atomic mass is 9.99. The van der Waals surface area contributed by atoms with Crippen molar-refractivity contribution in [1.29, 1.82) is 0 Å². The third kappa shape index (κ3) is 8.73. The number of urea groups is 1. The third-order valence-electron chi connectivity index (χ3n) is 7.93. The Hall–Kier alpha value is -3.88. The van der Waals surface area contributed by atoms with Crippen molar-refractivity contribution in [3.8, 4) is 0 Å². The zero-order chi connectivity index (χ0) is 33.6. The van der Waals surface area contributed by atoms with Crippen LogP contribution < -0.4 is 21.3 Å². The van der Waals surface area contributed by atoms with Gasteiger partial charge < -0.3 is 39.7 Å². The van der Waals surface area contributed by atoms with Gasteiger partial charge in [0.2, 0.25) is 17.7 Å². The quantitative estimate of drug-likeness (QED) is 0.225. The molecule has 12 nitrogen and oxygen atoms in total. The second-order valence-electron chi connectivity index (χ2n) is 12.0. The number of hydrogen-bond donors (Lipinski definition) is 3. The maximum absolute atomic E-state index is 14.3. The molecule has 252 valence electrons. The smallest absolute Gasteiger partial charge is 0.329 e. The number of hydrogen-bond acceptors (Lipinski definition) is 9. The van der Waals surface area contributed by atoms with Crippen molar-refractivity contribution in [3.05, 3.63) is 84.1 Å². The van der Waals surface area contributed by atoms with Crippen molar-refractivity contribution >= 4 is 41.2 Å². The van der Waals surface area contributed by atoms with Crippen molar-refractivity contribution in [2.45, 2.75) is 82.7 Å². The fourth-order valence-electron chi connectivity index (χ4n) is 5.76. The van der Waals surface area contributed by atoms with Crippen LogP contribution in [0.25, 0.3) is 0 Å². The van der Waals surface area contributed by atoms with Gasteiger partial charge in [-0.3, -0.25) is 14.5 Å². The van der Waals surface area contributed by atoms with E-state index in [0.29, 0.717) is 11.4 Å². The summed E-state index contributed by atoms with van der Waals surface area (Å²) in [6, 6.07) is 17.6. The van der Waals surface area contributed by atoms with Crippen LogP contribution in [0.15, 0.2) is 77.4 Å². The Morgan fingerprint density at radius 2 is 1.79 bits per heavy atom. The van der Waals surface area contributed by atoms with Gasteiger partial charge >= 0.3 is 6.03 Å². The van der Waals surface area contributed by atoms with E-state index in [1.165, 1.54) is 22.9 Å². The van der Waals surface area contributed by atoms with Gasteiger partial charge in [-0.05, 0) is 63.0 Å². The predicted octanol–water partition coefficient (Wildman–Crippen LogP) is 4.57. The number of furan rings is 1. The van der Waals surface area contributed by atoms with Crippen LogP contribution in [0.4, 0.5) is 16.4 Å². The number of aryl methyl sites for hydroxylation is 1. The molecule has 2 aromatic carbocycles. The number of rotatable bonds is 14. The van der Waals surface area contributed by atoms with Gasteiger partial charge in [-0.15, -0.1) is 0 Å². The summed E-state index contributed by atoms with van der Waals surface area (Å²) in [5.74, 6) is -1.36. The summed E-state index contributed by atoms with van der Waals surface area (Å²) < 4.78 is 30.5. The summed E-state index contributed by atoms with van der Waals surface area (Å²) in [5.41, 5.74) is 8.22. The number of fused-ring (bicyclic) bond motifs is 1. The molecule has 3 aromatic rings. The monoisotopic (exact) mass is 666 g/mol. The van der Waals surface area contributed by atoms with Crippen LogP contribution in [0.2, 0.25) is 0 Å². The average molecular weight is 667 g/mol. The first-order chi connectivity index (χ1) is 22.5. The van der Waals surface area contributed by atoms with Gasteiger partial charge in [-0.25, -0.2) is 4.79 Å². The lowest BCUT2D eigenvalue weighted by Crippen LogP contribution is -2.58. The zero-order valence-corrected chi connectivity index (χ0v) is 27.7. The second kappa shape index (κ2) is 15.3. The van der Waals surface area contributed by atoms with E-state index in [4.69, 9.17) is 29.1 Å². The SMILES string of the molecule is CSCC[C@@H](C(=O)N[C@@H](CC(N)=O)[C@@H]1O[C@H]2OC(C)(C)O[C@H]2[C@@H]1OCc1ccccc1)N(C(=O)Nc1ccc(C)cc1)c1ccco1. The number of thioether (sulfide) groups is 1. The molecule has 6 atom stereocenters. The van der Waals surface area contributed by atoms with E-state index in [1.807, 2.05) is 55.6 Å². The van der Waals surface area contributed by atoms with Crippen LogP contribution in [0.3, 0.4) is 0 Å². The number of amides is 4. The molecule has 0 saturated carbocycles. The largest absolute Gasteiger partial charge is 0.448 e. The molecule has 0 bridgehead atoms. The molecule has 47 heavy (non-hydrogen) atoms. The molecule has 4 N–H and O–H groups in total. The molecule has 2 aliphatic rings. The number of nitrogens with zero attached hydrogens (tertiary/aromatic N) is 1. The second-order valence-corrected chi connectivity index (χ2v) is 13.0. The van der Waals surface area contributed by atoms with Crippen LogP contribution in [0.1, 0.15) is 37.8 Å². The molecule has 5 rings (SSSR count). The Bertz CT molecular complexity index is 1490. The highest BCUT2D eigenvalue weighted by molar-refractivity contribution is 7.98. The van der Waals surface area contributed by atoms with Gasteiger partial charge in [0.05, 0.1) is 18.9 Å². The van der Waals surface area contributed by atoms with Gasteiger partial charge in [0, 0.05) is 18.2 Å². The fourth-order valence-corrected chi connectivity index (χ4v) is 6.22. The molecule has 0 radical (unpaired) electrons. The van der Waals surface area contributed by atoms with Crippen LogP contribution in [0, 0.1) is 6.92 Å². The molecule has 13 heteroatoms. The number of ether oxygens (including phenoxy) is 4. The van der Waals surface area contributed by atoms with Gasteiger partial charge in [-0.2, -0.15) is 11.8 Å². The molecular formula is C34H42N4O8S. The predicted molar refractivity (Wildman–Crippen MR) is 178 cm³/mol. The lowest BCUT2D eigenvalue weighted by molar-refractivity contribution is -0.222. The van der Waals surface area contributed by atoms with Crippen LogP contribution >= 0.6 is 11.8 Å². The van der Waals surface area contributed by atoms with Crippen molar-refractivity contribution in [2.24, 2.45) is 5.73 Å². The molecule has 0 unspecified atom stereocenters. The standard InChI is InChI=1S/C34H42N4O8S/c1-21-12-14-23(15-13-21)36-33(41)38(27-11-8-17-42-27)25(16-18-47-4)31(40)37-24(19-26(35)39)28-29(43-20-22-9-6-5-7-10-22)30-32(44-28)46-34(2,3)45-30/h5-15,17,24-25,28-30,32H,16,18-20H2,1-4H3,(H2,35,39)(H,36,41)(H,37,40)/t24-,25-,28-,29+,30-,32-/m0/s1. The number of anilines is 2. The minimum absolute atomic E-state index is 0.182. The maximum atomic E-state index is 14.3. The summed E-state index contributed by atoms with van der Waals surface area (Å²) in [6.07, 6.45) is 0.369. The Kier molecular flexibility index (Phi) is 11.3. The lowest BCUT2D eigenvalue weighted by Gasteiger charge is -2.34. The molecule has 2 fully saturated rings. The molecule has 4 amide bonds.